The number of benzene rings is 2. The van der Waals surface area contributed by atoms with Crippen molar-refractivity contribution in [2.75, 3.05) is 43.6 Å². The van der Waals surface area contributed by atoms with E-state index in [4.69, 9.17) is 26.1 Å². The highest BCUT2D eigenvalue weighted by molar-refractivity contribution is 6.30. The van der Waals surface area contributed by atoms with Gasteiger partial charge in [0.25, 0.3) is 0 Å². The molecular weight excluding hydrogens is 362 g/mol. The molecular formula is C21H22ClN3O2. The quantitative estimate of drug-likeness (QED) is 0.709. The molecule has 0 amide bonds. The zero-order valence-corrected chi connectivity index (χ0v) is 16.0. The second-order valence-corrected chi connectivity index (χ2v) is 6.93. The molecule has 3 aromatic rings. The van der Waals surface area contributed by atoms with E-state index in [0.717, 1.165) is 65.0 Å². The first-order chi connectivity index (χ1) is 13.2. The van der Waals surface area contributed by atoms with Crippen LogP contribution >= 0.6 is 11.6 Å². The molecule has 0 bridgehead atoms. The van der Waals surface area contributed by atoms with Crippen molar-refractivity contribution in [3.05, 3.63) is 59.1 Å². The Balaban J connectivity index is 1.68. The number of ether oxygens (including phenoxy) is 2. The molecule has 0 aliphatic carbocycles. The zero-order chi connectivity index (χ0) is 18.6. The normalized spacial score (nSPS) is 14.4. The molecule has 0 spiro atoms. The Hall–Kier alpha value is -2.50. The van der Waals surface area contributed by atoms with Crippen LogP contribution in [0.2, 0.25) is 5.02 Å². The Kier molecular flexibility index (Phi) is 5.32. The summed E-state index contributed by atoms with van der Waals surface area (Å²) in [5, 5.41) is 5.27. The first-order valence-electron chi connectivity index (χ1n) is 9.03. The Bertz CT molecular complexity index is 925. The van der Waals surface area contributed by atoms with Gasteiger partial charge in [0.2, 0.25) is 0 Å². The summed E-state index contributed by atoms with van der Waals surface area (Å²) in [4.78, 5) is 7.25. The maximum atomic E-state index is 5.98. The number of nitrogens with one attached hydrogen (secondary N) is 1. The molecule has 1 aromatic heterocycles. The van der Waals surface area contributed by atoms with Gasteiger partial charge in [-0.15, -0.1) is 0 Å². The Labute approximate surface area is 163 Å². The second-order valence-electron chi connectivity index (χ2n) is 6.49. The van der Waals surface area contributed by atoms with Crippen LogP contribution in [0.25, 0.3) is 10.9 Å². The third kappa shape index (κ3) is 4.10. The molecule has 0 saturated carbocycles. The van der Waals surface area contributed by atoms with Crippen LogP contribution in [0.4, 0.5) is 11.5 Å². The number of hydrogen-bond donors (Lipinski definition) is 1. The molecule has 1 aliphatic rings. The summed E-state index contributed by atoms with van der Waals surface area (Å²) in [7, 11) is 1.68. The molecule has 1 N–H and O–H groups in total. The van der Waals surface area contributed by atoms with Crippen molar-refractivity contribution in [1.29, 1.82) is 0 Å². The van der Waals surface area contributed by atoms with E-state index in [1.165, 1.54) is 0 Å². The monoisotopic (exact) mass is 383 g/mol. The molecule has 0 atom stereocenters. The van der Waals surface area contributed by atoms with Crippen molar-refractivity contribution in [3.63, 3.8) is 0 Å². The van der Waals surface area contributed by atoms with Crippen LogP contribution < -0.4 is 15.0 Å². The maximum absolute atomic E-state index is 5.98. The molecule has 140 valence electrons. The smallest absolute Gasteiger partial charge is 0.134 e. The Morgan fingerprint density at radius 2 is 1.89 bits per heavy atom. The zero-order valence-electron chi connectivity index (χ0n) is 15.2. The number of anilines is 2. The summed E-state index contributed by atoms with van der Waals surface area (Å²) < 4.78 is 10.9. The van der Waals surface area contributed by atoms with Crippen LogP contribution in [0.3, 0.4) is 0 Å². The summed E-state index contributed by atoms with van der Waals surface area (Å²) in [6.07, 6.45) is 0. The van der Waals surface area contributed by atoms with Gasteiger partial charge in [-0.05, 0) is 48.5 Å². The van der Waals surface area contributed by atoms with E-state index in [-0.39, 0.29) is 0 Å². The van der Waals surface area contributed by atoms with Gasteiger partial charge >= 0.3 is 0 Å². The van der Waals surface area contributed by atoms with Gasteiger partial charge < -0.3 is 19.7 Å². The number of aromatic nitrogens is 1. The van der Waals surface area contributed by atoms with Crippen LogP contribution in [-0.4, -0.2) is 38.4 Å². The molecule has 0 radical (unpaired) electrons. The molecule has 1 aliphatic heterocycles. The highest BCUT2D eigenvalue weighted by Crippen LogP contribution is 2.28. The van der Waals surface area contributed by atoms with Gasteiger partial charge in [0.15, 0.2) is 0 Å². The number of rotatable bonds is 5. The van der Waals surface area contributed by atoms with Crippen LogP contribution in [-0.2, 0) is 11.3 Å². The largest absolute Gasteiger partial charge is 0.497 e. The van der Waals surface area contributed by atoms with E-state index in [2.05, 4.69) is 16.3 Å². The van der Waals surface area contributed by atoms with E-state index in [9.17, 15) is 0 Å². The first kappa shape index (κ1) is 17.9. The van der Waals surface area contributed by atoms with Crippen LogP contribution in [0.1, 0.15) is 5.56 Å². The molecule has 4 rings (SSSR count). The fourth-order valence-electron chi connectivity index (χ4n) is 3.26. The van der Waals surface area contributed by atoms with Crippen molar-refractivity contribution in [2.45, 2.75) is 6.54 Å². The summed E-state index contributed by atoms with van der Waals surface area (Å²) in [5.41, 5.74) is 3.14. The summed E-state index contributed by atoms with van der Waals surface area (Å²) in [6, 6.07) is 15.9. The Morgan fingerprint density at radius 1 is 1.11 bits per heavy atom. The predicted octanol–water partition coefficient (Wildman–Crippen LogP) is 4.35. The second kappa shape index (κ2) is 8.03. The van der Waals surface area contributed by atoms with E-state index in [1.807, 2.05) is 42.5 Å². The molecule has 1 fully saturated rings. The average Bonchev–Trinajstić information content (AvgIpc) is 2.73. The average molecular weight is 384 g/mol. The van der Waals surface area contributed by atoms with Crippen LogP contribution in [0, 0.1) is 0 Å². The highest BCUT2D eigenvalue weighted by Gasteiger charge is 2.17. The van der Waals surface area contributed by atoms with E-state index in [0.29, 0.717) is 6.54 Å². The van der Waals surface area contributed by atoms with Crippen molar-refractivity contribution in [2.24, 2.45) is 0 Å². The van der Waals surface area contributed by atoms with Gasteiger partial charge in [-0.25, -0.2) is 4.98 Å². The van der Waals surface area contributed by atoms with Crippen LogP contribution in [0.15, 0.2) is 48.5 Å². The minimum atomic E-state index is 0.675. The van der Waals surface area contributed by atoms with Gasteiger partial charge in [-0.1, -0.05) is 11.6 Å². The van der Waals surface area contributed by atoms with Crippen molar-refractivity contribution in [3.8, 4) is 5.75 Å². The van der Waals surface area contributed by atoms with Crippen LogP contribution in [0.5, 0.6) is 5.75 Å². The summed E-state index contributed by atoms with van der Waals surface area (Å²) >= 11 is 5.98. The van der Waals surface area contributed by atoms with E-state index < -0.39 is 0 Å². The topological polar surface area (TPSA) is 46.6 Å². The lowest BCUT2D eigenvalue weighted by Crippen LogP contribution is -2.37. The highest BCUT2D eigenvalue weighted by atomic mass is 35.5. The lowest BCUT2D eigenvalue weighted by Gasteiger charge is -2.30. The van der Waals surface area contributed by atoms with E-state index in [1.54, 1.807) is 7.11 Å². The lowest BCUT2D eigenvalue weighted by molar-refractivity contribution is 0.122. The van der Waals surface area contributed by atoms with Crippen molar-refractivity contribution >= 4 is 34.0 Å². The fraction of sp³-hybridized carbons (Fsp3) is 0.286. The van der Waals surface area contributed by atoms with Gasteiger partial charge in [-0.3, -0.25) is 0 Å². The lowest BCUT2D eigenvalue weighted by atomic mass is 10.1. The van der Waals surface area contributed by atoms with Crippen molar-refractivity contribution < 1.29 is 9.47 Å². The van der Waals surface area contributed by atoms with Crippen molar-refractivity contribution in [1.82, 2.24) is 4.98 Å². The van der Waals surface area contributed by atoms with Gasteiger partial charge in [0.1, 0.15) is 11.6 Å². The fourth-order valence-corrected chi connectivity index (χ4v) is 3.39. The van der Waals surface area contributed by atoms with Gasteiger partial charge in [0.05, 0.1) is 25.8 Å². The molecule has 2 heterocycles. The SMILES string of the molecule is COc1ccc2nc(N3CCOCC3)c(CNc3ccc(Cl)cc3)cc2c1. The number of halogens is 1. The first-order valence-corrected chi connectivity index (χ1v) is 9.40. The molecule has 6 heteroatoms. The minimum absolute atomic E-state index is 0.675. The third-order valence-corrected chi connectivity index (χ3v) is 4.97. The van der Waals surface area contributed by atoms with Gasteiger partial charge in [0, 0.05) is 41.3 Å². The molecule has 0 unspecified atom stereocenters. The summed E-state index contributed by atoms with van der Waals surface area (Å²) in [6.45, 7) is 3.83. The summed E-state index contributed by atoms with van der Waals surface area (Å²) in [5.74, 6) is 1.84. The van der Waals surface area contributed by atoms with Gasteiger partial charge in [-0.2, -0.15) is 0 Å². The minimum Gasteiger partial charge on any atom is -0.497 e. The molecule has 1 saturated heterocycles. The number of fused-ring (bicyclic) bond motifs is 1. The number of pyridine rings is 1. The third-order valence-electron chi connectivity index (χ3n) is 4.72. The molecule has 5 nitrogen and oxygen atoms in total. The number of morpholine rings is 1. The van der Waals surface area contributed by atoms with E-state index >= 15 is 0 Å². The number of hydrogen-bond acceptors (Lipinski definition) is 5. The number of methoxy groups -OCH3 is 1. The standard InChI is InChI=1S/C21H22ClN3O2/c1-26-19-6-7-20-15(13-19)12-16(14-23-18-4-2-17(22)3-5-18)21(24-20)25-8-10-27-11-9-25/h2-7,12-13,23H,8-11,14H2,1H3. The Morgan fingerprint density at radius 3 is 2.63 bits per heavy atom. The number of nitrogens with zero attached hydrogens (tertiary/aromatic N) is 2. The predicted molar refractivity (Wildman–Crippen MR) is 110 cm³/mol. The maximum Gasteiger partial charge on any atom is 0.134 e. The molecule has 27 heavy (non-hydrogen) atoms. The molecule has 2 aromatic carbocycles.